The van der Waals surface area contributed by atoms with Gasteiger partial charge in [0.1, 0.15) is 17.9 Å². The Hall–Kier alpha value is -3.16. The summed E-state index contributed by atoms with van der Waals surface area (Å²) in [5, 5.41) is 10.7. The molecule has 1 heterocycles. The van der Waals surface area contributed by atoms with Gasteiger partial charge in [0.2, 0.25) is 0 Å². The maximum atomic E-state index is 13.2. The number of fused-ring (bicyclic) bond motifs is 1. The second-order valence-corrected chi connectivity index (χ2v) is 9.13. The molecule has 2 aromatic carbocycles. The maximum absolute atomic E-state index is 13.2. The lowest BCUT2D eigenvalue weighted by Gasteiger charge is -2.26. The third kappa shape index (κ3) is 5.11. The van der Waals surface area contributed by atoms with Crippen molar-refractivity contribution in [3.05, 3.63) is 69.3 Å². The van der Waals surface area contributed by atoms with Crippen LogP contribution in [0.4, 0.5) is 0 Å². The monoisotopic (exact) mass is 479 g/mol. The molecule has 1 aliphatic heterocycles. The number of benzene rings is 2. The molecular weight excluding hydrogens is 444 g/mol. The molecule has 1 saturated heterocycles. The number of hydrogen-bond acceptors (Lipinski definition) is 6. The summed E-state index contributed by atoms with van der Waals surface area (Å²) in [6.45, 7) is 12.9. The fraction of sp³-hybridized carbons (Fsp3) is 0.429. The standard InChI is InChI=1S/C28H35N2O5/c1-6-34-28(31)26-25(24-19(3)15-18(2)16-20(24)4)22-8-7-21(17-23(22)27(26)29(5)32)35-14-11-30-9-12-33-13-10-30/h7-8,15-17,32H,6,9-14H2,1-5H3/q+1/b29-27+. The molecule has 1 fully saturated rings. The predicted octanol–water partition coefficient (Wildman–Crippen LogP) is 3.52. The first-order chi connectivity index (χ1) is 16.8. The highest BCUT2D eigenvalue weighted by atomic mass is 16.5. The molecule has 7 heteroatoms. The van der Waals surface area contributed by atoms with Crippen LogP contribution in [0.3, 0.4) is 0 Å². The smallest absolute Gasteiger partial charge is 0.345 e. The maximum Gasteiger partial charge on any atom is 0.345 e. The van der Waals surface area contributed by atoms with E-state index in [1.165, 1.54) is 7.05 Å². The zero-order chi connectivity index (χ0) is 25.1. The molecule has 35 heavy (non-hydrogen) atoms. The number of ether oxygens (including phenoxy) is 3. The number of carbonyl (C=O) groups excluding carboxylic acids is 1. The summed E-state index contributed by atoms with van der Waals surface area (Å²) in [6, 6.07) is 10.0. The van der Waals surface area contributed by atoms with Crippen molar-refractivity contribution in [3.63, 3.8) is 0 Å². The van der Waals surface area contributed by atoms with Gasteiger partial charge >= 0.3 is 5.97 Å². The van der Waals surface area contributed by atoms with Gasteiger partial charge in [-0.2, -0.15) is 0 Å². The largest absolute Gasteiger partial charge is 0.492 e. The molecule has 4 rings (SSSR count). The highest BCUT2D eigenvalue weighted by Crippen LogP contribution is 2.42. The Morgan fingerprint density at radius 3 is 2.40 bits per heavy atom. The number of esters is 1. The third-order valence-corrected chi connectivity index (χ3v) is 6.51. The van der Waals surface area contributed by atoms with Crippen molar-refractivity contribution in [1.29, 1.82) is 0 Å². The normalized spacial score (nSPS) is 17.4. The number of nitrogens with zero attached hydrogens (tertiary/aromatic N) is 2. The first-order valence-corrected chi connectivity index (χ1v) is 12.2. The minimum Gasteiger partial charge on any atom is -0.492 e. The Kier molecular flexibility index (Phi) is 7.57. The molecule has 0 unspecified atom stereocenters. The minimum atomic E-state index is -0.455. The van der Waals surface area contributed by atoms with Crippen molar-refractivity contribution in [3.8, 4) is 5.75 Å². The Morgan fingerprint density at radius 2 is 1.77 bits per heavy atom. The quantitative estimate of drug-likeness (QED) is 0.284. The van der Waals surface area contributed by atoms with Gasteiger partial charge in [-0.3, -0.25) is 10.1 Å². The molecular formula is C28H35N2O5+. The Balaban J connectivity index is 1.76. The van der Waals surface area contributed by atoms with E-state index in [2.05, 4.69) is 37.8 Å². The van der Waals surface area contributed by atoms with Crippen molar-refractivity contribution in [2.45, 2.75) is 27.7 Å². The summed E-state index contributed by atoms with van der Waals surface area (Å²) in [5.74, 6) is 0.238. The fourth-order valence-electron chi connectivity index (χ4n) is 5.10. The van der Waals surface area contributed by atoms with Crippen LogP contribution in [-0.4, -0.2) is 79.6 Å². The molecule has 2 aliphatic rings. The van der Waals surface area contributed by atoms with Crippen molar-refractivity contribution >= 4 is 17.3 Å². The van der Waals surface area contributed by atoms with Crippen LogP contribution in [0, 0.1) is 20.8 Å². The fourth-order valence-corrected chi connectivity index (χ4v) is 5.10. The third-order valence-electron chi connectivity index (χ3n) is 6.51. The molecule has 1 aliphatic carbocycles. The van der Waals surface area contributed by atoms with Crippen LogP contribution in [0.15, 0.2) is 35.9 Å². The van der Waals surface area contributed by atoms with E-state index in [-0.39, 0.29) is 6.61 Å². The zero-order valence-corrected chi connectivity index (χ0v) is 21.3. The van der Waals surface area contributed by atoms with Crippen LogP contribution in [0.2, 0.25) is 0 Å². The van der Waals surface area contributed by atoms with Crippen LogP contribution in [-0.2, 0) is 14.3 Å². The topological polar surface area (TPSA) is 71.2 Å². The highest BCUT2D eigenvalue weighted by Gasteiger charge is 2.41. The van der Waals surface area contributed by atoms with E-state index in [1.54, 1.807) is 6.92 Å². The molecule has 0 radical (unpaired) electrons. The van der Waals surface area contributed by atoms with E-state index < -0.39 is 5.97 Å². The molecule has 0 spiro atoms. The molecule has 1 N–H and O–H groups in total. The van der Waals surface area contributed by atoms with E-state index >= 15 is 0 Å². The summed E-state index contributed by atoms with van der Waals surface area (Å²) < 4.78 is 17.9. The average Bonchev–Trinajstić information content (AvgIpc) is 3.14. The van der Waals surface area contributed by atoms with E-state index in [1.807, 2.05) is 18.2 Å². The molecule has 7 nitrogen and oxygen atoms in total. The van der Waals surface area contributed by atoms with Crippen LogP contribution in [0.5, 0.6) is 5.75 Å². The second kappa shape index (κ2) is 10.6. The lowest BCUT2D eigenvalue weighted by atomic mass is 9.89. The molecule has 0 aromatic heterocycles. The molecule has 186 valence electrons. The average molecular weight is 480 g/mol. The molecule has 0 atom stereocenters. The van der Waals surface area contributed by atoms with Gasteiger partial charge in [0.15, 0.2) is 7.05 Å². The van der Waals surface area contributed by atoms with E-state index in [4.69, 9.17) is 14.2 Å². The molecule has 2 aromatic rings. The van der Waals surface area contributed by atoms with Crippen molar-refractivity contribution in [2.24, 2.45) is 0 Å². The number of hydroxylamine groups is 1. The van der Waals surface area contributed by atoms with Crippen LogP contribution >= 0.6 is 0 Å². The van der Waals surface area contributed by atoms with Crippen molar-refractivity contribution in [2.75, 3.05) is 53.1 Å². The summed E-state index contributed by atoms with van der Waals surface area (Å²) in [4.78, 5) is 15.6. The summed E-state index contributed by atoms with van der Waals surface area (Å²) in [7, 11) is 1.53. The van der Waals surface area contributed by atoms with Crippen LogP contribution < -0.4 is 4.74 Å². The van der Waals surface area contributed by atoms with E-state index in [9.17, 15) is 10.0 Å². The van der Waals surface area contributed by atoms with Gasteiger partial charge in [0.25, 0.3) is 5.71 Å². The van der Waals surface area contributed by atoms with E-state index in [0.29, 0.717) is 23.6 Å². The highest BCUT2D eigenvalue weighted by molar-refractivity contribution is 6.35. The lowest BCUT2D eigenvalue weighted by Crippen LogP contribution is -2.38. The number of rotatable bonds is 7. The summed E-state index contributed by atoms with van der Waals surface area (Å²) in [6.07, 6.45) is 0. The van der Waals surface area contributed by atoms with Gasteiger partial charge in [-0.15, -0.1) is 0 Å². The van der Waals surface area contributed by atoms with Gasteiger partial charge in [0, 0.05) is 25.2 Å². The second-order valence-electron chi connectivity index (χ2n) is 9.13. The molecule has 0 amide bonds. The van der Waals surface area contributed by atoms with Crippen LogP contribution in [0.1, 0.15) is 40.3 Å². The molecule has 0 saturated carbocycles. The van der Waals surface area contributed by atoms with Gasteiger partial charge in [-0.05, 0) is 72.9 Å². The SMILES string of the molecule is CCOC(=O)C1=C(c2c(C)cc(C)cc2C)c2ccc(OCCN3CCOCC3)cc2/C1=[N+](/C)O. The minimum absolute atomic E-state index is 0.246. The Morgan fingerprint density at radius 1 is 1.09 bits per heavy atom. The number of carbonyl (C=O) groups is 1. The Labute approximate surface area is 207 Å². The first kappa shape index (κ1) is 24.9. The number of hydrogen-bond donors (Lipinski definition) is 1. The van der Waals surface area contributed by atoms with E-state index in [0.717, 1.165) is 76.5 Å². The first-order valence-electron chi connectivity index (χ1n) is 12.2. The predicted molar refractivity (Wildman–Crippen MR) is 135 cm³/mol. The van der Waals surface area contributed by atoms with Crippen LogP contribution in [0.25, 0.3) is 5.57 Å². The van der Waals surface area contributed by atoms with Crippen molar-refractivity contribution < 1.29 is 29.0 Å². The summed E-state index contributed by atoms with van der Waals surface area (Å²) >= 11 is 0. The van der Waals surface area contributed by atoms with Gasteiger partial charge < -0.3 is 14.2 Å². The van der Waals surface area contributed by atoms with Gasteiger partial charge in [-0.25, -0.2) is 4.79 Å². The van der Waals surface area contributed by atoms with Gasteiger partial charge in [0.05, 0.1) is 25.4 Å². The summed E-state index contributed by atoms with van der Waals surface area (Å²) in [5.41, 5.74) is 7.47. The zero-order valence-electron chi connectivity index (χ0n) is 21.3. The Bertz CT molecular complexity index is 1160. The van der Waals surface area contributed by atoms with Crippen molar-refractivity contribution in [1.82, 2.24) is 4.90 Å². The molecule has 0 bridgehead atoms. The number of morpholine rings is 1. The lowest BCUT2D eigenvalue weighted by molar-refractivity contribution is -0.753. The number of aryl methyl sites for hydroxylation is 3. The van der Waals surface area contributed by atoms with Gasteiger partial charge in [-0.1, -0.05) is 17.7 Å².